The second-order valence-corrected chi connectivity index (χ2v) is 5.30. The van der Waals surface area contributed by atoms with Crippen molar-refractivity contribution in [3.05, 3.63) is 64.9 Å². The Labute approximate surface area is 128 Å². The van der Waals surface area contributed by atoms with Gasteiger partial charge in [-0.15, -0.1) is 0 Å². The lowest BCUT2D eigenvalue weighted by atomic mass is 9.93. The number of anilines is 1. The Hall–Kier alpha value is -1.87. The Bertz CT molecular complexity index is 615. The maximum atomic E-state index is 13.7. The van der Waals surface area contributed by atoms with Crippen molar-refractivity contribution in [1.82, 2.24) is 0 Å². The highest BCUT2D eigenvalue weighted by Gasteiger charge is 2.20. The molecule has 0 bridgehead atoms. The summed E-state index contributed by atoms with van der Waals surface area (Å²) in [6.07, 6.45) is 1.57. The van der Waals surface area contributed by atoms with Gasteiger partial charge in [-0.3, -0.25) is 4.79 Å². The van der Waals surface area contributed by atoms with Crippen molar-refractivity contribution in [2.45, 2.75) is 25.7 Å². The first-order valence-electron chi connectivity index (χ1n) is 6.92. The van der Waals surface area contributed by atoms with E-state index in [1.165, 1.54) is 18.2 Å². The molecule has 1 atom stereocenters. The van der Waals surface area contributed by atoms with E-state index >= 15 is 0 Å². The topological polar surface area (TPSA) is 29.1 Å². The van der Waals surface area contributed by atoms with Crippen LogP contribution in [0.2, 0.25) is 5.02 Å². The van der Waals surface area contributed by atoms with E-state index in [1.54, 1.807) is 0 Å². The molecule has 2 nitrogen and oxygen atoms in total. The number of hydrogen-bond acceptors (Lipinski definition) is 1. The van der Waals surface area contributed by atoms with Crippen LogP contribution >= 0.6 is 11.6 Å². The van der Waals surface area contributed by atoms with Crippen LogP contribution in [0.5, 0.6) is 0 Å². The minimum absolute atomic E-state index is 0.115. The third-order valence-electron chi connectivity index (χ3n) is 3.28. The minimum Gasteiger partial charge on any atom is -0.323 e. The molecule has 110 valence electrons. The Morgan fingerprint density at radius 2 is 1.95 bits per heavy atom. The second-order valence-electron chi connectivity index (χ2n) is 4.87. The van der Waals surface area contributed by atoms with Crippen LogP contribution < -0.4 is 5.32 Å². The first kappa shape index (κ1) is 15.5. The minimum atomic E-state index is -0.490. The fourth-order valence-corrected chi connectivity index (χ4v) is 2.41. The van der Waals surface area contributed by atoms with Crippen LogP contribution in [0.25, 0.3) is 0 Å². The summed E-state index contributed by atoms with van der Waals surface area (Å²) in [4.78, 5) is 12.4. The molecule has 0 unspecified atom stereocenters. The molecule has 0 fully saturated rings. The van der Waals surface area contributed by atoms with Crippen LogP contribution in [0.1, 0.15) is 31.2 Å². The van der Waals surface area contributed by atoms with Gasteiger partial charge >= 0.3 is 0 Å². The summed E-state index contributed by atoms with van der Waals surface area (Å²) in [6, 6.07) is 13.6. The fraction of sp³-hybridized carbons (Fsp3) is 0.235. The number of carbonyl (C=O) groups is 1. The van der Waals surface area contributed by atoms with E-state index in [4.69, 9.17) is 11.6 Å². The summed E-state index contributed by atoms with van der Waals surface area (Å²) in [5.41, 5.74) is 1.05. The van der Waals surface area contributed by atoms with Crippen molar-refractivity contribution >= 4 is 23.2 Å². The highest BCUT2D eigenvalue weighted by Crippen LogP contribution is 2.25. The number of carbonyl (C=O) groups excluding carboxylic acids is 1. The quantitative estimate of drug-likeness (QED) is 0.827. The zero-order chi connectivity index (χ0) is 15.2. The van der Waals surface area contributed by atoms with Crippen LogP contribution in [0.15, 0.2) is 48.5 Å². The van der Waals surface area contributed by atoms with Gasteiger partial charge in [0.25, 0.3) is 0 Å². The predicted molar refractivity (Wildman–Crippen MR) is 84.1 cm³/mol. The van der Waals surface area contributed by atoms with Gasteiger partial charge in [0.1, 0.15) is 5.82 Å². The van der Waals surface area contributed by atoms with Gasteiger partial charge in [-0.1, -0.05) is 55.3 Å². The van der Waals surface area contributed by atoms with Crippen LogP contribution in [-0.4, -0.2) is 5.91 Å². The summed E-state index contributed by atoms with van der Waals surface area (Å²) < 4.78 is 13.7. The van der Waals surface area contributed by atoms with Gasteiger partial charge in [0.2, 0.25) is 5.91 Å². The summed E-state index contributed by atoms with van der Waals surface area (Å²) >= 11 is 5.84. The van der Waals surface area contributed by atoms with E-state index in [1.807, 2.05) is 37.3 Å². The predicted octanol–water partition coefficient (Wildman–Crippen LogP) is 5.00. The average Bonchev–Trinajstić information content (AvgIpc) is 2.49. The molecule has 1 amide bonds. The van der Waals surface area contributed by atoms with E-state index in [0.29, 0.717) is 11.4 Å². The molecule has 0 radical (unpaired) electrons. The number of amides is 1. The molecule has 2 rings (SSSR count). The lowest BCUT2D eigenvalue weighted by molar-refractivity contribution is -0.117. The largest absolute Gasteiger partial charge is 0.323 e. The highest BCUT2D eigenvalue weighted by atomic mass is 35.5. The van der Waals surface area contributed by atoms with Gasteiger partial charge in [-0.25, -0.2) is 4.39 Å². The van der Waals surface area contributed by atoms with Crippen molar-refractivity contribution in [2.24, 2.45) is 0 Å². The zero-order valence-electron chi connectivity index (χ0n) is 11.8. The number of halogens is 2. The number of benzene rings is 2. The molecule has 2 aromatic rings. The summed E-state index contributed by atoms with van der Waals surface area (Å²) in [5, 5.41) is 3.02. The third kappa shape index (κ3) is 4.05. The van der Waals surface area contributed by atoms with Gasteiger partial charge in [0, 0.05) is 5.02 Å². The average molecular weight is 306 g/mol. The molecule has 0 saturated heterocycles. The van der Waals surface area contributed by atoms with E-state index in [0.717, 1.165) is 12.0 Å². The van der Waals surface area contributed by atoms with E-state index in [9.17, 15) is 9.18 Å². The molecule has 2 aromatic carbocycles. The van der Waals surface area contributed by atoms with Crippen LogP contribution in [0, 0.1) is 5.82 Å². The first-order chi connectivity index (χ1) is 10.1. The maximum absolute atomic E-state index is 13.7. The van der Waals surface area contributed by atoms with E-state index in [-0.39, 0.29) is 17.5 Å². The molecule has 0 aliphatic heterocycles. The number of nitrogens with one attached hydrogen (secondary N) is 1. The molecule has 1 N–H and O–H groups in total. The fourth-order valence-electron chi connectivity index (χ4n) is 2.24. The van der Waals surface area contributed by atoms with Gasteiger partial charge in [0.15, 0.2) is 0 Å². The smallest absolute Gasteiger partial charge is 0.231 e. The standard InChI is InChI=1S/C17H17ClFNO/c1-2-6-14(12-7-4-3-5-8-12)17(21)20-16-11-13(18)9-10-15(16)19/h3-5,7-11,14H,2,6H2,1H3,(H,20,21)/t14-/m1/s1. The van der Waals surface area contributed by atoms with Gasteiger partial charge in [0.05, 0.1) is 11.6 Å². The van der Waals surface area contributed by atoms with E-state index in [2.05, 4.69) is 5.32 Å². The molecular weight excluding hydrogens is 289 g/mol. The Kier molecular flexibility index (Phi) is 5.34. The molecule has 0 spiro atoms. The van der Waals surface area contributed by atoms with Crippen LogP contribution in [0.3, 0.4) is 0 Å². The maximum Gasteiger partial charge on any atom is 0.231 e. The lowest BCUT2D eigenvalue weighted by Gasteiger charge is -2.17. The van der Waals surface area contributed by atoms with Gasteiger partial charge in [-0.2, -0.15) is 0 Å². The molecule has 0 heterocycles. The molecule has 0 aliphatic rings. The summed E-state index contributed by atoms with van der Waals surface area (Å²) in [5.74, 6) is -1.00. The van der Waals surface area contributed by atoms with Gasteiger partial charge in [-0.05, 0) is 30.2 Å². The van der Waals surface area contributed by atoms with E-state index < -0.39 is 5.82 Å². The highest BCUT2D eigenvalue weighted by molar-refractivity contribution is 6.30. The van der Waals surface area contributed by atoms with Crippen molar-refractivity contribution < 1.29 is 9.18 Å². The lowest BCUT2D eigenvalue weighted by Crippen LogP contribution is -2.21. The second kappa shape index (κ2) is 7.23. The normalized spacial score (nSPS) is 12.0. The third-order valence-corrected chi connectivity index (χ3v) is 3.52. The van der Waals surface area contributed by atoms with Crippen LogP contribution in [-0.2, 0) is 4.79 Å². The zero-order valence-corrected chi connectivity index (χ0v) is 12.5. The molecule has 0 aliphatic carbocycles. The Morgan fingerprint density at radius 1 is 1.24 bits per heavy atom. The van der Waals surface area contributed by atoms with Crippen LogP contribution in [0.4, 0.5) is 10.1 Å². The molecule has 0 saturated carbocycles. The Balaban J connectivity index is 2.21. The molecular formula is C17H17ClFNO. The van der Waals surface area contributed by atoms with Crippen molar-refractivity contribution in [2.75, 3.05) is 5.32 Å². The molecule has 21 heavy (non-hydrogen) atoms. The summed E-state index contributed by atoms with van der Waals surface area (Å²) in [6.45, 7) is 2.02. The van der Waals surface area contributed by atoms with Crippen molar-refractivity contribution in [3.63, 3.8) is 0 Å². The van der Waals surface area contributed by atoms with Gasteiger partial charge < -0.3 is 5.32 Å². The molecule has 4 heteroatoms. The number of rotatable bonds is 5. The first-order valence-corrected chi connectivity index (χ1v) is 7.30. The van der Waals surface area contributed by atoms with Crippen molar-refractivity contribution in [1.29, 1.82) is 0 Å². The van der Waals surface area contributed by atoms with Crippen molar-refractivity contribution in [3.8, 4) is 0 Å². The summed E-state index contributed by atoms with van der Waals surface area (Å²) in [7, 11) is 0. The Morgan fingerprint density at radius 3 is 2.62 bits per heavy atom. The monoisotopic (exact) mass is 305 g/mol. The SMILES string of the molecule is CCC[C@@H](C(=O)Nc1cc(Cl)ccc1F)c1ccccc1. The number of hydrogen-bond donors (Lipinski definition) is 1. The molecule has 0 aromatic heterocycles.